The molecule has 3 N–H and O–H groups in total. The molecular weight excluding hydrogens is 324 g/mol. The van der Waals surface area contributed by atoms with Crippen LogP contribution in [0.3, 0.4) is 0 Å². The Bertz CT molecular complexity index is 804. The van der Waals surface area contributed by atoms with E-state index in [9.17, 15) is 9.90 Å². The van der Waals surface area contributed by atoms with Crippen LogP contribution in [0.25, 0.3) is 11.3 Å². The van der Waals surface area contributed by atoms with Crippen LogP contribution in [0.1, 0.15) is 5.56 Å². The molecule has 0 saturated carbocycles. The van der Waals surface area contributed by atoms with Crippen LogP contribution in [0.5, 0.6) is 5.75 Å². The van der Waals surface area contributed by atoms with Gasteiger partial charge in [0.25, 0.3) is 0 Å². The lowest BCUT2D eigenvalue weighted by atomic mass is 10.1. The number of hydrogen-bond donors (Lipinski definition) is 3. The maximum Gasteiger partial charge on any atom is 0.319 e. The highest BCUT2D eigenvalue weighted by molar-refractivity contribution is 7.03. The number of carbonyl (C=O) groups excluding carboxylic acids is 1. The molecule has 0 aliphatic rings. The highest BCUT2D eigenvalue weighted by atomic mass is 32.1. The molecule has 0 atom stereocenters. The molecule has 24 heavy (non-hydrogen) atoms. The molecular formula is C17H16N4O2S. The summed E-state index contributed by atoms with van der Waals surface area (Å²) in [4.78, 5) is 11.9. The van der Waals surface area contributed by atoms with Gasteiger partial charge in [0.15, 0.2) is 0 Å². The van der Waals surface area contributed by atoms with Crippen LogP contribution < -0.4 is 10.6 Å². The van der Waals surface area contributed by atoms with E-state index in [2.05, 4.69) is 20.2 Å². The third-order valence-electron chi connectivity index (χ3n) is 3.41. The van der Waals surface area contributed by atoms with Crippen LogP contribution >= 0.6 is 11.5 Å². The predicted molar refractivity (Wildman–Crippen MR) is 94.2 cm³/mol. The summed E-state index contributed by atoms with van der Waals surface area (Å²) in [7, 11) is 0. The molecule has 1 aromatic heterocycles. The van der Waals surface area contributed by atoms with Crippen molar-refractivity contribution in [1.82, 2.24) is 14.9 Å². The Kier molecular flexibility index (Phi) is 5.02. The van der Waals surface area contributed by atoms with Crippen LogP contribution in [0.15, 0.2) is 53.9 Å². The van der Waals surface area contributed by atoms with Gasteiger partial charge in [-0.1, -0.05) is 28.8 Å². The van der Waals surface area contributed by atoms with Gasteiger partial charge in [-0.15, -0.1) is 5.10 Å². The molecule has 122 valence electrons. The third-order valence-corrected chi connectivity index (χ3v) is 3.91. The van der Waals surface area contributed by atoms with Gasteiger partial charge in [-0.25, -0.2) is 4.79 Å². The first-order chi connectivity index (χ1) is 11.7. The predicted octanol–water partition coefficient (Wildman–Crippen LogP) is 3.27. The number of phenols is 1. The van der Waals surface area contributed by atoms with Crippen molar-refractivity contribution in [3.8, 4) is 17.0 Å². The minimum Gasteiger partial charge on any atom is -0.508 e. The van der Waals surface area contributed by atoms with Gasteiger partial charge in [0.1, 0.15) is 11.4 Å². The van der Waals surface area contributed by atoms with Crippen LogP contribution in [0.4, 0.5) is 10.5 Å². The molecule has 0 fully saturated rings. The second-order valence-electron chi connectivity index (χ2n) is 5.17. The monoisotopic (exact) mass is 340 g/mol. The molecule has 0 unspecified atom stereocenters. The second-order valence-corrected chi connectivity index (χ2v) is 5.78. The molecule has 0 saturated heterocycles. The molecule has 3 rings (SSSR count). The van der Waals surface area contributed by atoms with Crippen molar-refractivity contribution in [2.45, 2.75) is 6.42 Å². The van der Waals surface area contributed by atoms with E-state index in [0.717, 1.165) is 16.8 Å². The van der Waals surface area contributed by atoms with Crippen LogP contribution in [0.2, 0.25) is 0 Å². The molecule has 0 spiro atoms. The zero-order valence-electron chi connectivity index (χ0n) is 12.8. The number of nitrogens with zero attached hydrogens (tertiary/aromatic N) is 2. The van der Waals surface area contributed by atoms with Crippen molar-refractivity contribution in [2.75, 3.05) is 11.9 Å². The lowest BCUT2D eigenvalue weighted by molar-refractivity contribution is 0.252. The lowest BCUT2D eigenvalue weighted by Gasteiger charge is -2.08. The van der Waals surface area contributed by atoms with Crippen molar-refractivity contribution in [3.05, 3.63) is 59.5 Å². The molecule has 2 aromatic carbocycles. The molecule has 0 bridgehead atoms. The van der Waals surface area contributed by atoms with Crippen molar-refractivity contribution < 1.29 is 9.90 Å². The normalized spacial score (nSPS) is 10.3. The maximum atomic E-state index is 11.9. The van der Waals surface area contributed by atoms with E-state index in [0.29, 0.717) is 18.7 Å². The van der Waals surface area contributed by atoms with Gasteiger partial charge >= 0.3 is 6.03 Å². The first kappa shape index (κ1) is 15.9. The van der Waals surface area contributed by atoms with Gasteiger partial charge in [0.2, 0.25) is 0 Å². The Morgan fingerprint density at radius 1 is 1.17 bits per heavy atom. The Labute approximate surface area is 143 Å². The molecule has 1 heterocycles. The smallest absolute Gasteiger partial charge is 0.319 e. The average Bonchev–Trinajstić information content (AvgIpc) is 3.10. The van der Waals surface area contributed by atoms with E-state index in [1.807, 2.05) is 35.7 Å². The minimum absolute atomic E-state index is 0.229. The summed E-state index contributed by atoms with van der Waals surface area (Å²) >= 11 is 1.30. The maximum absolute atomic E-state index is 11.9. The Morgan fingerprint density at radius 3 is 2.71 bits per heavy atom. The fourth-order valence-electron chi connectivity index (χ4n) is 2.22. The van der Waals surface area contributed by atoms with Crippen molar-refractivity contribution >= 4 is 23.3 Å². The molecule has 2 amide bonds. The summed E-state index contributed by atoms with van der Waals surface area (Å²) in [6.07, 6.45) is 0.650. The molecule has 0 aliphatic carbocycles. The largest absolute Gasteiger partial charge is 0.508 e. The second kappa shape index (κ2) is 7.56. The molecule has 0 radical (unpaired) electrons. The summed E-state index contributed by atoms with van der Waals surface area (Å²) < 4.78 is 3.83. The first-order valence-electron chi connectivity index (χ1n) is 7.41. The number of nitrogens with one attached hydrogen (secondary N) is 2. The Hall–Kier alpha value is -2.93. The van der Waals surface area contributed by atoms with Crippen LogP contribution in [0, 0.1) is 0 Å². The highest BCUT2D eigenvalue weighted by Gasteiger charge is 2.04. The standard InChI is InChI=1S/C17H16N4O2S/c22-15-3-1-2-12(10-15)8-9-18-17(23)19-14-6-4-13(5-7-14)16-11-24-21-20-16/h1-7,10-11,22H,8-9H2,(H2,18,19,23). The third kappa shape index (κ3) is 4.30. The Balaban J connectivity index is 1.48. The SMILES string of the molecule is O=C(NCCc1cccc(O)c1)Nc1ccc(-c2csnn2)cc1. The van der Waals surface area contributed by atoms with Crippen LogP contribution in [-0.4, -0.2) is 27.3 Å². The topological polar surface area (TPSA) is 87.1 Å². The summed E-state index contributed by atoms with van der Waals surface area (Å²) in [6, 6.07) is 14.2. The van der Waals surface area contributed by atoms with E-state index < -0.39 is 0 Å². The molecule has 7 heteroatoms. The number of aromatic nitrogens is 2. The number of amides is 2. The van der Waals surface area contributed by atoms with Gasteiger partial charge in [-0.05, 0) is 47.8 Å². The number of phenolic OH excluding ortho intramolecular Hbond substituents is 1. The minimum atomic E-state index is -0.266. The van der Waals surface area contributed by atoms with E-state index in [1.165, 1.54) is 11.5 Å². The summed E-state index contributed by atoms with van der Waals surface area (Å²) in [5, 5.41) is 20.8. The van der Waals surface area contributed by atoms with E-state index in [-0.39, 0.29) is 11.8 Å². The Morgan fingerprint density at radius 2 is 2.00 bits per heavy atom. The summed E-state index contributed by atoms with van der Waals surface area (Å²) in [5.41, 5.74) is 3.45. The number of benzene rings is 2. The van der Waals surface area contributed by atoms with Gasteiger partial charge in [0, 0.05) is 23.2 Å². The van der Waals surface area contributed by atoms with Gasteiger partial charge in [-0.3, -0.25) is 0 Å². The van der Waals surface area contributed by atoms with Gasteiger partial charge in [0.05, 0.1) is 0 Å². The number of carbonyl (C=O) groups is 1. The average molecular weight is 340 g/mol. The number of rotatable bonds is 5. The zero-order valence-corrected chi connectivity index (χ0v) is 13.6. The van der Waals surface area contributed by atoms with Gasteiger partial charge < -0.3 is 15.7 Å². The number of hydrogen-bond acceptors (Lipinski definition) is 5. The fraction of sp³-hybridized carbons (Fsp3) is 0.118. The lowest BCUT2D eigenvalue weighted by Crippen LogP contribution is -2.30. The van der Waals surface area contributed by atoms with Crippen molar-refractivity contribution in [3.63, 3.8) is 0 Å². The summed E-state index contributed by atoms with van der Waals surface area (Å²) in [5.74, 6) is 0.229. The number of urea groups is 1. The summed E-state index contributed by atoms with van der Waals surface area (Å²) in [6.45, 7) is 0.484. The van der Waals surface area contributed by atoms with Crippen molar-refractivity contribution in [1.29, 1.82) is 0 Å². The molecule has 0 aliphatic heterocycles. The number of aromatic hydroxyl groups is 1. The zero-order chi connectivity index (χ0) is 16.8. The van der Waals surface area contributed by atoms with Crippen LogP contribution in [-0.2, 0) is 6.42 Å². The fourth-order valence-corrected chi connectivity index (χ4v) is 2.69. The number of anilines is 1. The van der Waals surface area contributed by atoms with E-state index >= 15 is 0 Å². The molecule has 6 nitrogen and oxygen atoms in total. The molecule has 3 aromatic rings. The van der Waals surface area contributed by atoms with Crippen molar-refractivity contribution in [2.24, 2.45) is 0 Å². The van der Waals surface area contributed by atoms with E-state index in [1.54, 1.807) is 18.2 Å². The highest BCUT2D eigenvalue weighted by Crippen LogP contribution is 2.20. The van der Waals surface area contributed by atoms with E-state index in [4.69, 9.17) is 0 Å². The first-order valence-corrected chi connectivity index (χ1v) is 8.24. The van der Waals surface area contributed by atoms with Gasteiger partial charge in [-0.2, -0.15) is 0 Å². The quantitative estimate of drug-likeness (QED) is 0.665.